The zero-order chi connectivity index (χ0) is 17.4. The smallest absolute Gasteiger partial charge is 0.408 e. The number of ether oxygens (including phenoxy) is 2. The van der Waals surface area contributed by atoms with Gasteiger partial charge in [0.15, 0.2) is 5.58 Å². The molecule has 1 aliphatic heterocycles. The van der Waals surface area contributed by atoms with Gasteiger partial charge in [0.1, 0.15) is 0 Å². The lowest BCUT2D eigenvalue weighted by molar-refractivity contribution is -0.0939. The van der Waals surface area contributed by atoms with Crippen molar-refractivity contribution in [1.82, 2.24) is 9.47 Å². The minimum atomic E-state index is -0.281. The lowest BCUT2D eigenvalue weighted by atomic mass is 9.79. The molecule has 2 fully saturated rings. The molecule has 136 valence electrons. The van der Waals surface area contributed by atoms with Gasteiger partial charge in [0, 0.05) is 39.9 Å². The Balaban J connectivity index is 1.52. The van der Waals surface area contributed by atoms with Crippen LogP contribution in [0.3, 0.4) is 0 Å². The SMILES string of the molecule is CO[C@H]1CC[C@]2(OC)CCN(CCn3c(=O)oc4ccccc43)[C@@H]2C1. The third-order valence-electron chi connectivity index (χ3n) is 6.17. The summed E-state index contributed by atoms with van der Waals surface area (Å²) in [6, 6.07) is 7.94. The molecule has 0 radical (unpaired) electrons. The van der Waals surface area contributed by atoms with Gasteiger partial charge in [-0.15, -0.1) is 0 Å². The summed E-state index contributed by atoms with van der Waals surface area (Å²) >= 11 is 0. The van der Waals surface area contributed by atoms with Gasteiger partial charge in [-0.25, -0.2) is 4.79 Å². The topological polar surface area (TPSA) is 56.8 Å². The number of fused-ring (bicyclic) bond motifs is 2. The molecule has 2 heterocycles. The van der Waals surface area contributed by atoms with Gasteiger partial charge < -0.3 is 13.9 Å². The Bertz CT molecular complexity index is 798. The predicted molar refractivity (Wildman–Crippen MR) is 94.8 cm³/mol. The average Bonchev–Trinajstić information content (AvgIpc) is 3.17. The number of rotatable bonds is 5. The van der Waals surface area contributed by atoms with Crippen LogP contribution in [-0.2, 0) is 16.0 Å². The highest BCUT2D eigenvalue weighted by atomic mass is 16.5. The van der Waals surface area contributed by atoms with Crippen LogP contribution in [0.4, 0.5) is 0 Å². The molecule has 3 atom stereocenters. The lowest BCUT2D eigenvalue weighted by Crippen LogP contribution is -2.52. The van der Waals surface area contributed by atoms with Crippen LogP contribution in [-0.4, -0.2) is 54.5 Å². The van der Waals surface area contributed by atoms with Crippen molar-refractivity contribution < 1.29 is 13.9 Å². The number of aromatic nitrogens is 1. The van der Waals surface area contributed by atoms with Gasteiger partial charge in [-0.05, 0) is 37.8 Å². The Morgan fingerprint density at radius 1 is 1.24 bits per heavy atom. The first-order valence-corrected chi connectivity index (χ1v) is 9.07. The molecule has 6 heteroatoms. The second-order valence-electron chi connectivity index (χ2n) is 7.19. The number of para-hydroxylation sites is 2. The molecule has 0 amide bonds. The fourth-order valence-electron chi connectivity index (χ4n) is 4.69. The Morgan fingerprint density at radius 3 is 2.88 bits per heavy atom. The summed E-state index contributed by atoms with van der Waals surface area (Å²) in [6.45, 7) is 2.44. The van der Waals surface area contributed by atoms with Crippen molar-refractivity contribution in [2.75, 3.05) is 27.3 Å². The number of oxazole rings is 1. The molecule has 6 nitrogen and oxygen atoms in total. The van der Waals surface area contributed by atoms with Gasteiger partial charge in [-0.3, -0.25) is 9.47 Å². The van der Waals surface area contributed by atoms with Gasteiger partial charge in [0.2, 0.25) is 0 Å². The van der Waals surface area contributed by atoms with E-state index in [0.717, 1.165) is 44.3 Å². The fraction of sp³-hybridized carbons (Fsp3) is 0.632. The van der Waals surface area contributed by atoms with Gasteiger partial charge >= 0.3 is 5.76 Å². The zero-order valence-corrected chi connectivity index (χ0v) is 14.9. The first-order valence-electron chi connectivity index (χ1n) is 9.07. The summed E-state index contributed by atoms with van der Waals surface area (Å²) in [5.41, 5.74) is 1.46. The van der Waals surface area contributed by atoms with E-state index in [-0.39, 0.29) is 11.4 Å². The maximum Gasteiger partial charge on any atom is 0.419 e. The summed E-state index contributed by atoms with van der Waals surface area (Å²) in [5, 5.41) is 0. The van der Waals surface area contributed by atoms with E-state index in [1.54, 1.807) is 11.7 Å². The van der Waals surface area contributed by atoms with Crippen molar-refractivity contribution in [3.63, 3.8) is 0 Å². The summed E-state index contributed by atoms with van der Waals surface area (Å²) < 4.78 is 18.7. The monoisotopic (exact) mass is 346 g/mol. The molecule has 0 spiro atoms. The van der Waals surface area contributed by atoms with Gasteiger partial charge in [0.05, 0.1) is 17.2 Å². The highest BCUT2D eigenvalue weighted by Gasteiger charge is 2.50. The molecule has 0 bridgehead atoms. The maximum absolute atomic E-state index is 12.2. The first-order chi connectivity index (χ1) is 12.2. The summed E-state index contributed by atoms with van der Waals surface area (Å²) in [5.74, 6) is -0.281. The Hall–Kier alpha value is -1.63. The molecule has 1 saturated carbocycles. The van der Waals surface area contributed by atoms with Gasteiger partial charge in [-0.2, -0.15) is 0 Å². The fourth-order valence-corrected chi connectivity index (χ4v) is 4.69. The highest BCUT2D eigenvalue weighted by Crippen LogP contribution is 2.42. The number of nitrogens with zero attached hydrogens (tertiary/aromatic N) is 2. The number of benzene rings is 1. The summed E-state index contributed by atoms with van der Waals surface area (Å²) in [6.07, 6.45) is 4.43. The van der Waals surface area contributed by atoms with E-state index in [2.05, 4.69) is 4.90 Å². The number of methoxy groups -OCH3 is 2. The summed E-state index contributed by atoms with van der Waals surface area (Å²) in [7, 11) is 3.62. The minimum Gasteiger partial charge on any atom is -0.408 e. The first kappa shape index (κ1) is 16.8. The Labute approximate surface area is 147 Å². The molecule has 1 aromatic carbocycles. The third kappa shape index (κ3) is 2.82. The van der Waals surface area contributed by atoms with E-state index in [9.17, 15) is 4.79 Å². The average molecular weight is 346 g/mol. The molecule has 2 aromatic rings. The van der Waals surface area contributed by atoms with Crippen molar-refractivity contribution >= 4 is 11.1 Å². The van der Waals surface area contributed by atoms with Crippen LogP contribution in [0.1, 0.15) is 25.7 Å². The van der Waals surface area contributed by atoms with E-state index in [1.807, 2.05) is 31.4 Å². The van der Waals surface area contributed by atoms with Crippen molar-refractivity contribution in [3.8, 4) is 0 Å². The van der Waals surface area contributed by atoms with E-state index in [4.69, 9.17) is 13.9 Å². The van der Waals surface area contributed by atoms with E-state index < -0.39 is 0 Å². The van der Waals surface area contributed by atoms with Crippen LogP contribution in [0.25, 0.3) is 11.1 Å². The van der Waals surface area contributed by atoms with Crippen LogP contribution < -0.4 is 5.76 Å². The van der Waals surface area contributed by atoms with Crippen molar-refractivity contribution in [2.45, 2.75) is 50.0 Å². The molecular weight excluding hydrogens is 320 g/mol. The number of hydrogen-bond donors (Lipinski definition) is 0. The summed E-state index contributed by atoms with van der Waals surface area (Å²) in [4.78, 5) is 14.6. The predicted octanol–water partition coefficient (Wildman–Crippen LogP) is 2.25. The second kappa shape index (κ2) is 6.59. The number of likely N-dealkylation sites (tertiary alicyclic amines) is 1. The van der Waals surface area contributed by atoms with Gasteiger partial charge in [0.25, 0.3) is 0 Å². The van der Waals surface area contributed by atoms with Crippen molar-refractivity contribution in [2.24, 2.45) is 0 Å². The second-order valence-corrected chi connectivity index (χ2v) is 7.19. The largest absolute Gasteiger partial charge is 0.419 e. The van der Waals surface area contributed by atoms with Crippen LogP contribution in [0.15, 0.2) is 33.5 Å². The van der Waals surface area contributed by atoms with E-state index in [0.29, 0.717) is 24.3 Å². The molecule has 25 heavy (non-hydrogen) atoms. The lowest BCUT2D eigenvalue weighted by Gasteiger charge is -2.43. The number of hydrogen-bond acceptors (Lipinski definition) is 5. The standard InChI is InChI=1S/C19H26N2O4/c1-23-14-7-8-19(24-2)9-10-20(17(19)13-14)11-12-21-15-5-3-4-6-16(15)25-18(21)22/h3-6,14,17H,7-13H2,1-2H3/t14-,17+,19-/m0/s1. The molecule has 1 aromatic heterocycles. The van der Waals surface area contributed by atoms with E-state index >= 15 is 0 Å². The maximum atomic E-state index is 12.2. The zero-order valence-electron chi connectivity index (χ0n) is 14.9. The van der Waals surface area contributed by atoms with Crippen molar-refractivity contribution in [3.05, 3.63) is 34.8 Å². The molecular formula is C19H26N2O4. The Kier molecular flexibility index (Phi) is 4.43. The van der Waals surface area contributed by atoms with E-state index in [1.165, 1.54) is 0 Å². The minimum absolute atomic E-state index is 0.0571. The molecule has 4 rings (SSSR count). The Morgan fingerprint density at radius 2 is 2.08 bits per heavy atom. The van der Waals surface area contributed by atoms with Crippen LogP contribution >= 0.6 is 0 Å². The van der Waals surface area contributed by atoms with Crippen LogP contribution in [0, 0.1) is 0 Å². The van der Waals surface area contributed by atoms with Crippen LogP contribution in [0.5, 0.6) is 0 Å². The van der Waals surface area contributed by atoms with Crippen molar-refractivity contribution in [1.29, 1.82) is 0 Å². The molecule has 1 saturated heterocycles. The molecule has 0 N–H and O–H groups in total. The quantitative estimate of drug-likeness (QED) is 0.831. The third-order valence-corrected chi connectivity index (χ3v) is 6.17. The molecule has 1 aliphatic carbocycles. The molecule has 2 aliphatic rings. The normalized spacial score (nSPS) is 30.0. The van der Waals surface area contributed by atoms with Gasteiger partial charge in [-0.1, -0.05) is 12.1 Å². The van der Waals surface area contributed by atoms with Crippen LogP contribution in [0.2, 0.25) is 0 Å². The highest BCUT2D eigenvalue weighted by molar-refractivity contribution is 5.72. The molecule has 0 unspecified atom stereocenters.